The number of sulfonamides is 1. The molecule has 11 heteroatoms. The lowest BCUT2D eigenvalue weighted by Crippen LogP contribution is -2.38. The first-order valence-corrected chi connectivity index (χ1v) is 11.9. The zero-order valence-electron chi connectivity index (χ0n) is 17.1. The van der Waals surface area contributed by atoms with Crippen molar-refractivity contribution in [3.05, 3.63) is 87.4 Å². The molecule has 0 heterocycles. The van der Waals surface area contributed by atoms with Gasteiger partial charge in [-0.15, -0.1) is 0 Å². The zero-order valence-corrected chi connectivity index (χ0v) is 20.2. The number of nitrogens with zero attached hydrogens (tertiary/aromatic N) is 1. The molecule has 0 radical (unpaired) electrons. The SMILES string of the molecule is COC(=O)c1ccc(Cl)c(NC(=O)CN(c2ccc(Cl)c(Cl)c2)S(=O)(=O)c2ccccc2)c1. The Balaban J connectivity index is 1.96. The van der Waals surface area contributed by atoms with Crippen molar-refractivity contribution in [2.45, 2.75) is 4.90 Å². The molecule has 7 nitrogen and oxygen atoms in total. The maximum Gasteiger partial charge on any atom is 0.337 e. The lowest BCUT2D eigenvalue weighted by Gasteiger charge is -2.24. The number of ether oxygens (including phenoxy) is 1. The van der Waals surface area contributed by atoms with Gasteiger partial charge in [0.25, 0.3) is 10.0 Å². The molecule has 1 N–H and O–H groups in total. The molecular formula is C22H17Cl3N2O5S. The molecule has 1 amide bonds. The summed E-state index contributed by atoms with van der Waals surface area (Å²) in [5, 5.41) is 3.04. The quantitative estimate of drug-likeness (QED) is 0.423. The molecule has 0 aliphatic rings. The molecule has 0 aliphatic heterocycles. The molecule has 0 bridgehead atoms. The maximum absolute atomic E-state index is 13.3. The van der Waals surface area contributed by atoms with E-state index in [0.717, 1.165) is 4.31 Å². The minimum absolute atomic E-state index is 0.0189. The summed E-state index contributed by atoms with van der Waals surface area (Å²) in [7, 11) is -2.92. The maximum atomic E-state index is 13.3. The smallest absolute Gasteiger partial charge is 0.337 e. The first kappa shape index (κ1) is 24.9. The molecule has 33 heavy (non-hydrogen) atoms. The largest absolute Gasteiger partial charge is 0.465 e. The number of amides is 1. The van der Waals surface area contributed by atoms with E-state index >= 15 is 0 Å². The van der Waals surface area contributed by atoms with E-state index in [1.165, 1.54) is 55.6 Å². The second-order valence-electron chi connectivity index (χ2n) is 6.66. The monoisotopic (exact) mass is 526 g/mol. The Morgan fingerprint density at radius 3 is 2.21 bits per heavy atom. The molecule has 0 atom stereocenters. The number of benzene rings is 3. The molecule has 0 unspecified atom stereocenters. The number of halogens is 3. The highest BCUT2D eigenvalue weighted by molar-refractivity contribution is 7.92. The van der Waals surface area contributed by atoms with Crippen LogP contribution in [0, 0.1) is 0 Å². The van der Waals surface area contributed by atoms with E-state index in [4.69, 9.17) is 34.8 Å². The normalized spacial score (nSPS) is 11.0. The van der Waals surface area contributed by atoms with Crippen molar-refractivity contribution in [1.29, 1.82) is 0 Å². The van der Waals surface area contributed by atoms with Gasteiger partial charge in [0.15, 0.2) is 0 Å². The lowest BCUT2D eigenvalue weighted by molar-refractivity contribution is -0.114. The summed E-state index contributed by atoms with van der Waals surface area (Å²) in [5.41, 5.74) is 0.420. The molecule has 0 saturated heterocycles. The van der Waals surface area contributed by atoms with E-state index in [2.05, 4.69) is 10.1 Å². The van der Waals surface area contributed by atoms with E-state index in [1.54, 1.807) is 18.2 Å². The Labute approximate surface area is 205 Å². The number of nitrogens with one attached hydrogen (secondary N) is 1. The van der Waals surface area contributed by atoms with Crippen molar-refractivity contribution in [2.24, 2.45) is 0 Å². The topological polar surface area (TPSA) is 92.8 Å². The third-order valence-electron chi connectivity index (χ3n) is 4.47. The molecule has 0 spiro atoms. The fraction of sp³-hybridized carbons (Fsp3) is 0.0909. The highest BCUT2D eigenvalue weighted by Gasteiger charge is 2.28. The summed E-state index contributed by atoms with van der Waals surface area (Å²) < 4.78 is 32.3. The standard InChI is InChI=1S/C22H17Cl3N2O5S/c1-32-22(29)14-7-9-18(24)20(11-14)26-21(28)13-27(15-8-10-17(23)19(25)12-15)33(30,31)16-5-3-2-4-6-16/h2-12H,13H2,1H3,(H,26,28). The average Bonchev–Trinajstić information content (AvgIpc) is 2.80. The predicted molar refractivity (Wildman–Crippen MR) is 129 cm³/mol. The van der Waals surface area contributed by atoms with Crippen LogP contribution in [-0.2, 0) is 19.6 Å². The van der Waals surface area contributed by atoms with Crippen molar-refractivity contribution in [3.8, 4) is 0 Å². The molecular weight excluding hydrogens is 511 g/mol. The Hall–Kier alpha value is -2.78. The minimum Gasteiger partial charge on any atom is -0.465 e. The second kappa shape index (κ2) is 10.4. The fourth-order valence-corrected chi connectivity index (χ4v) is 4.75. The van der Waals surface area contributed by atoms with Crippen LogP contribution >= 0.6 is 34.8 Å². The number of hydrogen-bond acceptors (Lipinski definition) is 5. The summed E-state index contributed by atoms with van der Waals surface area (Å²) in [6, 6.07) is 16.0. The van der Waals surface area contributed by atoms with Crippen LogP contribution in [-0.4, -0.2) is 33.9 Å². The third kappa shape index (κ3) is 5.78. The summed E-state index contributed by atoms with van der Waals surface area (Å²) in [6.45, 7) is -0.603. The molecule has 3 rings (SSSR count). The Bertz CT molecular complexity index is 1300. The highest BCUT2D eigenvalue weighted by atomic mass is 35.5. The van der Waals surface area contributed by atoms with Gasteiger partial charge in [0.1, 0.15) is 6.54 Å². The fourth-order valence-electron chi connectivity index (χ4n) is 2.86. The van der Waals surface area contributed by atoms with Gasteiger partial charge in [-0.1, -0.05) is 53.0 Å². The number of carbonyl (C=O) groups excluding carboxylic acids is 2. The van der Waals surface area contributed by atoms with E-state index in [1.807, 2.05) is 0 Å². The second-order valence-corrected chi connectivity index (χ2v) is 9.74. The van der Waals surface area contributed by atoms with Crippen molar-refractivity contribution in [3.63, 3.8) is 0 Å². The summed E-state index contributed by atoms with van der Waals surface area (Å²) >= 11 is 18.2. The van der Waals surface area contributed by atoms with Gasteiger partial charge in [-0.05, 0) is 48.5 Å². The van der Waals surface area contributed by atoms with Gasteiger partial charge < -0.3 is 10.1 Å². The van der Waals surface area contributed by atoms with Crippen LogP contribution in [0.1, 0.15) is 10.4 Å². The molecule has 3 aromatic rings. The van der Waals surface area contributed by atoms with E-state index in [-0.39, 0.29) is 36.9 Å². The highest BCUT2D eigenvalue weighted by Crippen LogP contribution is 2.31. The van der Waals surface area contributed by atoms with Gasteiger partial charge in [-0.25, -0.2) is 13.2 Å². The predicted octanol–water partition coefficient (Wildman–Crippen LogP) is 5.27. The molecule has 0 aliphatic carbocycles. The van der Waals surface area contributed by atoms with Crippen molar-refractivity contribution < 1.29 is 22.7 Å². The number of methoxy groups -OCH3 is 1. The molecule has 3 aromatic carbocycles. The van der Waals surface area contributed by atoms with Crippen molar-refractivity contribution in [1.82, 2.24) is 0 Å². The number of hydrogen-bond donors (Lipinski definition) is 1. The molecule has 172 valence electrons. The van der Waals surface area contributed by atoms with Crippen LogP contribution < -0.4 is 9.62 Å². The Kier molecular flexibility index (Phi) is 7.86. The first-order chi connectivity index (χ1) is 15.6. The molecule has 0 fully saturated rings. The van der Waals surface area contributed by atoms with Crippen molar-refractivity contribution >= 4 is 68.1 Å². The van der Waals surface area contributed by atoms with Crippen LogP contribution in [0.3, 0.4) is 0 Å². The first-order valence-electron chi connectivity index (χ1n) is 9.34. The average molecular weight is 528 g/mol. The van der Waals surface area contributed by atoms with Gasteiger partial charge in [0.2, 0.25) is 5.91 Å². The number of carbonyl (C=O) groups is 2. The summed E-state index contributed by atoms with van der Waals surface area (Å²) in [4.78, 5) is 24.6. The van der Waals surface area contributed by atoms with Crippen LogP contribution in [0.25, 0.3) is 0 Å². The van der Waals surface area contributed by atoms with Gasteiger partial charge in [-0.3, -0.25) is 9.10 Å². The van der Waals surface area contributed by atoms with Crippen LogP contribution in [0.4, 0.5) is 11.4 Å². The molecule has 0 saturated carbocycles. The van der Waals surface area contributed by atoms with Gasteiger partial charge in [0.05, 0.1) is 44.0 Å². The number of anilines is 2. The van der Waals surface area contributed by atoms with Crippen LogP contribution in [0.5, 0.6) is 0 Å². The third-order valence-corrected chi connectivity index (χ3v) is 7.33. The van der Waals surface area contributed by atoms with E-state index < -0.39 is 28.4 Å². The summed E-state index contributed by atoms with van der Waals surface area (Å²) in [6.07, 6.45) is 0. The van der Waals surface area contributed by atoms with Gasteiger partial charge in [0, 0.05) is 0 Å². The Morgan fingerprint density at radius 1 is 0.909 bits per heavy atom. The molecule has 0 aromatic heterocycles. The zero-order chi connectivity index (χ0) is 24.2. The lowest BCUT2D eigenvalue weighted by atomic mass is 10.2. The van der Waals surface area contributed by atoms with Crippen molar-refractivity contribution in [2.75, 3.05) is 23.3 Å². The Morgan fingerprint density at radius 2 is 1.58 bits per heavy atom. The van der Waals surface area contributed by atoms with E-state index in [9.17, 15) is 18.0 Å². The van der Waals surface area contributed by atoms with E-state index in [0.29, 0.717) is 0 Å². The number of esters is 1. The van der Waals surface area contributed by atoms with Gasteiger partial charge >= 0.3 is 5.97 Å². The number of rotatable bonds is 7. The minimum atomic E-state index is -4.14. The van der Waals surface area contributed by atoms with Gasteiger partial charge in [-0.2, -0.15) is 0 Å². The van der Waals surface area contributed by atoms with Crippen LogP contribution in [0.2, 0.25) is 15.1 Å². The van der Waals surface area contributed by atoms with Crippen LogP contribution in [0.15, 0.2) is 71.6 Å². The summed E-state index contributed by atoms with van der Waals surface area (Å²) in [5.74, 6) is -1.32.